The van der Waals surface area contributed by atoms with Crippen LogP contribution < -0.4 is 4.74 Å². The number of hydrogen-bond acceptors (Lipinski definition) is 2. The summed E-state index contributed by atoms with van der Waals surface area (Å²) in [6, 6.07) is 12.9. The van der Waals surface area contributed by atoms with Crippen LogP contribution in [0.3, 0.4) is 0 Å². The van der Waals surface area contributed by atoms with E-state index in [1.54, 1.807) is 18.2 Å². The molecule has 0 aromatic heterocycles. The van der Waals surface area contributed by atoms with Crippen molar-refractivity contribution < 1.29 is 4.74 Å². The summed E-state index contributed by atoms with van der Waals surface area (Å²) < 4.78 is 8.34. The highest BCUT2D eigenvalue weighted by atomic mass is 79.9. The van der Waals surface area contributed by atoms with E-state index < -0.39 is 0 Å². The topological polar surface area (TPSA) is 33.0 Å². The highest BCUT2D eigenvalue weighted by Gasteiger charge is 2.07. The zero-order valence-electron chi connectivity index (χ0n) is 8.95. The standard InChI is InChI=1S/C13H6Br3NO/c14-9-2-4-13(11(16)6-9)18-12-3-1-8(7-17)5-10(12)15/h1-6H. The average Bonchev–Trinajstić information content (AvgIpc) is 2.34. The van der Waals surface area contributed by atoms with Gasteiger partial charge in [0.05, 0.1) is 20.6 Å². The van der Waals surface area contributed by atoms with Gasteiger partial charge >= 0.3 is 0 Å². The van der Waals surface area contributed by atoms with E-state index in [1.165, 1.54) is 0 Å². The summed E-state index contributed by atoms with van der Waals surface area (Å²) in [5, 5.41) is 8.79. The first-order valence-corrected chi connectivity index (χ1v) is 7.30. The molecule has 0 saturated heterocycles. The lowest BCUT2D eigenvalue weighted by atomic mass is 10.2. The molecule has 2 aromatic rings. The highest BCUT2D eigenvalue weighted by molar-refractivity contribution is 9.11. The van der Waals surface area contributed by atoms with Crippen molar-refractivity contribution in [1.29, 1.82) is 5.26 Å². The van der Waals surface area contributed by atoms with Crippen LogP contribution in [0.4, 0.5) is 0 Å². The van der Waals surface area contributed by atoms with Crippen LogP contribution in [-0.4, -0.2) is 0 Å². The second-order valence-electron chi connectivity index (χ2n) is 3.43. The van der Waals surface area contributed by atoms with Crippen molar-refractivity contribution >= 4 is 47.8 Å². The van der Waals surface area contributed by atoms with E-state index in [2.05, 4.69) is 53.9 Å². The van der Waals surface area contributed by atoms with Gasteiger partial charge in [-0.15, -0.1) is 0 Å². The molecule has 0 spiro atoms. The van der Waals surface area contributed by atoms with Crippen LogP contribution in [-0.2, 0) is 0 Å². The summed E-state index contributed by atoms with van der Waals surface area (Å²) in [7, 11) is 0. The molecule has 18 heavy (non-hydrogen) atoms. The van der Waals surface area contributed by atoms with Crippen LogP contribution in [0, 0.1) is 11.3 Å². The molecular weight excluding hydrogens is 426 g/mol. The second kappa shape index (κ2) is 5.87. The van der Waals surface area contributed by atoms with Crippen LogP contribution >= 0.6 is 47.8 Å². The molecule has 0 saturated carbocycles. The molecule has 0 bridgehead atoms. The molecule has 0 heterocycles. The van der Waals surface area contributed by atoms with Crippen molar-refractivity contribution in [2.45, 2.75) is 0 Å². The number of rotatable bonds is 2. The predicted molar refractivity (Wildman–Crippen MR) is 80.8 cm³/mol. The van der Waals surface area contributed by atoms with Crippen LogP contribution in [0.1, 0.15) is 5.56 Å². The van der Waals surface area contributed by atoms with Crippen LogP contribution in [0.2, 0.25) is 0 Å². The first-order chi connectivity index (χ1) is 8.60. The van der Waals surface area contributed by atoms with E-state index >= 15 is 0 Å². The SMILES string of the molecule is N#Cc1ccc(Oc2ccc(Br)cc2Br)c(Br)c1. The molecule has 0 aliphatic heterocycles. The van der Waals surface area contributed by atoms with Crippen molar-refractivity contribution in [3.8, 4) is 17.6 Å². The van der Waals surface area contributed by atoms with E-state index in [1.807, 2.05) is 18.2 Å². The number of hydrogen-bond donors (Lipinski definition) is 0. The van der Waals surface area contributed by atoms with Gasteiger partial charge in [0, 0.05) is 4.47 Å². The van der Waals surface area contributed by atoms with Crippen LogP contribution in [0.15, 0.2) is 49.8 Å². The minimum atomic E-state index is 0.587. The van der Waals surface area contributed by atoms with E-state index in [9.17, 15) is 0 Å². The molecule has 2 rings (SSSR count). The Balaban J connectivity index is 2.32. The summed E-state index contributed by atoms with van der Waals surface area (Å²) in [5.41, 5.74) is 0.587. The zero-order chi connectivity index (χ0) is 13.1. The number of halogens is 3. The molecule has 0 atom stereocenters. The molecule has 0 N–H and O–H groups in total. The van der Waals surface area contributed by atoms with Gasteiger partial charge in [-0.05, 0) is 68.3 Å². The lowest BCUT2D eigenvalue weighted by molar-refractivity contribution is 0.476. The van der Waals surface area contributed by atoms with Gasteiger partial charge in [0.2, 0.25) is 0 Å². The molecule has 2 nitrogen and oxygen atoms in total. The van der Waals surface area contributed by atoms with Crippen molar-refractivity contribution in [2.75, 3.05) is 0 Å². The Kier molecular flexibility index (Phi) is 4.44. The predicted octanol–water partition coefficient (Wildman–Crippen LogP) is 5.64. The number of nitrogens with zero attached hydrogens (tertiary/aromatic N) is 1. The zero-order valence-corrected chi connectivity index (χ0v) is 13.7. The van der Waals surface area contributed by atoms with Gasteiger partial charge in [-0.3, -0.25) is 0 Å². The van der Waals surface area contributed by atoms with Gasteiger partial charge < -0.3 is 4.74 Å². The molecule has 0 radical (unpaired) electrons. The van der Waals surface area contributed by atoms with Crippen molar-refractivity contribution in [3.05, 3.63) is 55.4 Å². The Morgan fingerprint density at radius 1 is 0.889 bits per heavy atom. The molecule has 0 aliphatic carbocycles. The largest absolute Gasteiger partial charge is 0.455 e. The number of nitriles is 1. The number of benzene rings is 2. The lowest BCUT2D eigenvalue weighted by Gasteiger charge is -2.09. The van der Waals surface area contributed by atoms with Crippen molar-refractivity contribution in [1.82, 2.24) is 0 Å². The maximum absolute atomic E-state index is 8.79. The molecule has 2 aromatic carbocycles. The first-order valence-electron chi connectivity index (χ1n) is 4.92. The second-order valence-corrected chi connectivity index (χ2v) is 6.06. The summed E-state index contributed by atoms with van der Waals surface area (Å²) in [6.45, 7) is 0. The lowest BCUT2D eigenvalue weighted by Crippen LogP contribution is -1.87. The molecule has 0 amide bonds. The van der Waals surface area contributed by atoms with E-state index in [4.69, 9.17) is 10.00 Å². The minimum absolute atomic E-state index is 0.587. The Labute approximate surface area is 130 Å². The van der Waals surface area contributed by atoms with Gasteiger partial charge in [0.25, 0.3) is 0 Å². The Hall–Kier alpha value is -0.830. The van der Waals surface area contributed by atoms with Gasteiger partial charge in [-0.25, -0.2) is 0 Å². The van der Waals surface area contributed by atoms with Crippen molar-refractivity contribution in [2.24, 2.45) is 0 Å². The van der Waals surface area contributed by atoms with Crippen LogP contribution in [0.25, 0.3) is 0 Å². The van der Waals surface area contributed by atoms with E-state index in [0.717, 1.165) is 13.4 Å². The molecule has 0 fully saturated rings. The Morgan fingerprint density at radius 2 is 1.50 bits per heavy atom. The molecule has 5 heteroatoms. The fourth-order valence-corrected chi connectivity index (χ4v) is 2.92. The monoisotopic (exact) mass is 429 g/mol. The maximum atomic E-state index is 8.79. The average molecular weight is 432 g/mol. The summed E-state index contributed by atoms with van der Waals surface area (Å²) in [4.78, 5) is 0. The first kappa shape index (κ1) is 13.6. The Morgan fingerprint density at radius 3 is 2.06 bits per heavy atom. The number of ether oxygens (including phenoxy) is 1. The van der Waals surface area contributed by atoms with Crippen LogP contribution in [0.5, 0.6) is 11.5 Å². The van der Waals surface area contributed by atoms with E-state index in [0.29, 0.717) is 17.1 Å². The fraction of sp³-hybridized carbons (Fsp3) is 0. The minimum Gasteiger partial charge on any atom is -0.455 e. The van der Waals surface area contributed by atoms with Gasteiger partial charge in [-0.2, -0.15) is 5.26 Å². The quantitative estimate of drug-likeness (QED) is 0.616. The fourth-order valence-electron chi connectivity index (χ4n) is 1.33. The van der Waals surface area contributed by atoms with Gasteiger partial charge in [0.1, 0.15) is 11.5 Å². The Bertz CT molecular complexity index is 635. The molecule has 0 unspecified atom stereocenters. The molecule has 0 aliphatic rings. The smallest absolute Gasteiger partial charge is 0.141 e. The maximum Gasteiger partial charge on any atom is 0.141 e. The summed E-state index contributed by atoms with van der Waals surface area (Å²) >= 11 is 10.2. The molecular formula is C13H6Br3NO. The van der Waals surface area contributed by atoms with Crippen molar-refractivity contribution in [3.63, 3.8) is 0 Å². The molecule has 90 valence electrons. The summed E-state index contributed by atoms with van der Waals surface area (Å²) in [6.07, 6.45) is 0. The van der Waals surface area contributed by atoms with Gasteiger partial charge in [-0.1, -0.05) is 15.9 Å². The third-order valence-electron chi connectivity index (χ3n) is 2.17. The highest BCUT2D eigenvalue weighted by Crippen LogP contribution is 2.35. The normalized spacial score (nSPS) is 9.89. The summed E-state index contributed by atoms with van der Waals surface area (Å²) in [5.74, 6) is 1.38. The van der Waals surface area contributed by atoms with Gasteiger partial charge in [0.15, 0.2) is 0 Å². The third-order valence-corrected chi connectivity index (χ3v) is 3.91. The van der Waals surface area contributed by atoms with E-state index in [-0.39, 0.29) is 0 Å². The third kappa shape index (κ3) is 3.14.